The highest BCUT2D eigenvalue weighted by Gasteiger charge is 2.16. The Hall–Kier alpha value is -2.13. The van der Waals surface area contributed by atoms with Gasteiger partial charge >= 0.3 is 0 Å². The Morgan fingerprint density at radius 1 is 0.964 bits per heavy atom. The van der Waals surface area contributed by atoms with E-state index in [2.05, 4.69) is 67.4 Å². The monoisotopic (exact) mass is 378 g/mol. The summed E-state index contributed by atoms with van der Waals surface area (Å²) >= 11 is 0. The highest BCUT2D eigenvalue weighted by molar-refractivity contribution is 5.94. The van der Waals surface area contributed by atoms with Crippen LogP contribution < -0.4 is 5.32 Å². The second kappa shape index (κ2) is 8.91. The fourth-order valence-electron chi connectivity index (χ4n) is 3.77. The fraction of sp³-hybridized carbons (Fsp3) is 0.480. The average molecular weight is 379 g/mol. The van der Waals surface area contributed by atoms with Crippen LogP contribution in [0.25, 0.3) is 0 Å². The minimum atomic E-state index is -0.0189. The van der Waals surface area contributed by atoms with Crippen LogP contribution in [0, 0.1) is 0 Å². The molecule has 2 aromatic carbocycles. The van der Waals surface area contributed by atoms with Crippen molar-refractivity contribution >= 4 is 5.91 Å². The lowest BCUT2D eigenvalue weighted by Gasteiger charge is -2.26. The van der Waals surface area contributed by atoms with Gasteiger partial charge in [0.15, 0.2) is 0 Å². The molecule has 0 saturated carbocycles. The molecule has 1 atom stereocenters. The van der Waals surface area contributed by atoms with Crippen molar-refractivity contribution in [1.29, 1.82) is 0 Å². The van der Waals surface area contributed by atoms with Crippen LogP contribution in [-0.2, 0) is 12.0 Å². The third kappa shape index (κ3) is 5.45. The van der Waals surface area contributed by atoms with Crippen LogP contribution in [0.1, 0.15) is 80.0 Å². The first-order valence-corrected chi connectivity index (χ1v) is 10.6. The molecule has 3 nitrogen and oxygen atoms in total. The first-order valence-electron chi connectivity index (χ1n) is 10.6. The number of benzene rings is 2. The van der Waals surface area contributed by atoms with Crippen molar-refractivity contribution in [2.75, 3.05) is 13.1 Å². The number of nitrogens with one attached hydrogen (secondary N) is 1. The lowest BCUT2D eigenvalue weighted by molar-refractivity contribution is 0.0940. The van der Waals surface area contributed by atoms with Crippen LogP contribution in [0.15, 0.2) is 48.5 Å². The number of nitrogens with zero attached hydrogens (tertiary/aromatic N) is 1. The molecule has 3 heteroatoms. The van der Waals surface area contributed by atoms with Crippen LogP contribution in [0.4, 0.5) is 0 Å². The lowest BCUT2D eigenvalue weighted by atomic mass is 9.86. The van der Waals surface area contributed by atoms with E-state index in [1.165, 1.54) is 43.5 Å². The largest absolute Gasteiger partial charge is 0.346 e. The Balaban J connectivity index is 1.57. The fourth-order valence-corrected chi connectivity index (χ4v) is 3.77. The van der Waals surface area contributed by atoms with Crippen LogP contribution >= 0.6 is 0 Å². The Bertz CT molecular complexity index is 766. The van der Waals surface area contributed by atoms with Crippen molar-refractivity contribution in [2.24, 2.45) is 0 Å². The van der Waals surface area contributed by atoms with Gasteiger partial charge in [0.2, 0.25) is 0 Å². The highest BCUT2D eigenvalue weighted by atomic mass is 16.1. The number of rotatable bonds is 5. The maximum atomic E-state index is 12.6. The standard InChI is InChI=1S/C25H34N2O/c1-19(21-12-14-23(15-13-21)25(2,3)4)26-24(28)22-10-8-20(9-11-22)18-27-16-6-5-7-17-27/h8-15,19H,5-7,16-18H2,1-4H3,(H,26,28). The van der Waals surface area contributed by atoms with Gasteiger partial charge in [0.25, 0.3) is 5.91 Å². The number of carbonyl (C=O) groups excluding carboxylic acids is 1. The van der Waals surface area contributed by atoms with Crippen molar-refractivity contribution in [3.63, 3.8) is 0 Å². The van der Waals surface area contributed by atoms with Gasteiger partial charge in [-0.25, -0.2) is 0 Å². The van der Waals surface area contributed by atoms with Crippen LogP contribution in [0.5, 0.6) is 0 Å². The summed E-state index contributed by atoms with van der Waals surface area (Å²) in [6.45, 7) is 12.0. The SMILES string of the molecule is CC(NC(=O)c1ccc(CN2CCCCC2)cc1)c1ccc(C(C)(C)C)cc1. The summed E-state index contributed by atoms with van der Waals surface area (Å²) in [5.74, 6) is -0.0167. The maximum absolute atomic E-state index is 12.6. The molecule has 1 aliphatic rings. The van der Waals surface area contributed by atoms with E-state index in [1.807, 2.05) is 19.1 Å². The molecule has 0 bridgehead atoms. The summed E-state index contributed by atoms with van der Waals surface area (Å²) in [4.78, 5) is 15.1. The first kappa shape index (κ1) is 20.6. The molecule has 0 aliphatic carbocycles. The summed E-state index contributed by atoms with van der Waals surface area (Å²) in [5.41, 5.74) is 4.58. The second-order valence-electron chi connectivity index (χ2n) is 9.10. The van der Waals surface area contributed by atoms with Crippen molar-refractivity contribution in [2.45, 2.75) is 65.0 Å². The average Bonchev–Trinajstić information content (AvgIpc) is 2.68. The summed E-state index contributed by atoms with van der Waals surface area (Å²) in [5, 5.41) is 3.12. The van der Waals surface area contributed by atoms with Gasteiger partial charge in [-0.1, -0.05) is 63.6 Å². The highest BCUT2D eigenvalue weighted by Crippen LogP contribution is 2.24. The Kier molecular flexibility index (Phi) is 6.56. The number of amides is 1. The summed E-state index contributed by atoms with van der Waals surface area (Å²) < 4.78 is 0. The maximum Gasteiger partial charge on any atom is 0.251 e. The van der Waals surface area contributed by atoms with Gasteiger partial charge in [0, 0.05) is 12.1 Å². The van der Waals surface area contributed by atoms with Crippen molar-refractivity contribution in [3.05, 3.63) is 70.8 Å². The quantitative estimate of drug-likeness (QED) is 0.749. The minimum absolute atomic E-state index is 0.0167. The molecule has 1 saturated heterocycles. The molecular weight excluding hydrogens is 344 g/mol. The van der Waals surface area contributed by atoms with Crippen molar-refractivity contribution in [3.8, 4) is 0 Å². The predicted molar refractivity (Wildman–Crippen MR) is 117 cm³/mol. The summed E-state index contributed by atoms with van der Waals surface area (Å²) in [6, 6.07) is 16.6. The number of hydrogen-bond acceptors (Lipinski definition) is 2. The van der Waals surface area contributed by atoms with Gasteiger partial charge in [-0.05, 0) is 67.1 Å². The molecule has 0 spiro atoms. The topological polar surface area (TPSA) is 32.3 Å². The number of likely N-dealkylation sites (tertiary alicyclic amines) is 1. The Labute approximate surface area is 170 Å². The third-order valence-corrected chi connectivity index (χ3v) is 5.70. The minimum Gasteiger partial charge on any atom is -0.346 e. The zero-order valence-corrected chi connectivity index (χ0v) is 17.8. The molecule has 3 rings (SSSR count). The van der Waals surface area contributed by atoms with Crippen LogP contribution in [-0.4, -0.2) is 23.9 Å². The molecule has 150 valence electrons. The molecule has 1 heterocycles. The van der Waals surface area contributed by atoms with Gasteiger partial charge in [-0.2, -0.15) is 0 Å². The van der Waals surface area contributed by atoms with E-state index in [0.717, 1.165) is 17.7 Å². The Morgan fingerprint density at radius 2 is 1.57 bits per heavy atom. The molecule has 0 aromatic heterocycles. The van der Waals surface area contributed by atoms with E-state index in [4.69, 9.17) is 0 Å². The van der Waals surface area contributed by atoms with E-state index in [1.54, 1.807) is 0 Å². The van der Waals surface area contributed by atoms with Gasteiger partial charge in [0.05, 0.1) is 6.04 Å². The van der Waals surface area contributed by atoms with Crippen LogP contribution in [0.3, 0.4) is 0 Å². The molecule has 2 aromatic rings. The van der Waals surface area contributed by atoms with Gasteiger partial charge in [-0.15, -0.1) is 0 Å². The number of carbonyl (C=O) groups is 1. The van der Waals surface area contributed by atoms with E-state index < -0.39 is 0 Å². The zero-order valence-electron chi connectivity index (χ0n) is 17.8. The molecule has 1 amide bonds. The second-order valence-corrected chi connectivity index (χ2v) is 9.10. The normalized spacial score (nSPS) is 16.6. The summed E-state index contributed by atoms with van der Waals surface area (Å²) in [6.07, 6.45) is 3.96. The first-order chi connectivity index (χ1) is 13.3. The predicted octanol–water partition coefficient (Wildman–Crippen LogP) is 5.46. The molecule has 28 heavy (non-hydrogen) atoms. The van der Waals surface area contributed by atoms with Crippen molar-refractivity contribution in [1.82, 2.24) is 10.2 Å². The molecule has 1 aliphatic heterocycles. The smallest absolute Gasteiger partial charge is 0.251 e. The van der Waals surface area contributed by atoms with Crippen LogP contribution in [0.2, 0.25) is 0 Å². The summed E-state index contributed by atoms with van der Waals surface area (Å²) in [7, 11) is 0. The van der Waals surface area contributed by atoms with E-state index in [-0.39, 0.29) is 17.4 Å². The van der Waals surface area contributed by atoms with Gasteiger partial charge in [-0.3, -0.25) is 9.69 Å². The number of hydrogen-bond donors (Lipinski definition) is 1. The molecule has 1 unspecified atom stereocenters. The van der Waals surface area contributed by atoms with Crippen molar-refractivity contribution < 1.29 is 4.79 Å². The van der Waals surface area contributed by atoms with E-state index in [9.17, 15) is 4.79 Å². The molecule has 1 fully saturated rings. The number of piperidine rings is 1. The van der Waals surface area contributed by atoms with Gasteiger partial charge in [0.1, 0.15) is 0 Å². The Morgan fingerprint density at radius 3 is 2.14 bits per heavy atom. The molecule has 1 N–H and O–H groups in total. The lowest BCUT2D eigenvalue weighted by Crippen LogP contribution is -2.29. The van der Waals surface area contributed by atoms with E-state index >= 15 is 0 Å². The molecule has 0 radical (unpaired) electrons. The van der Waals surface area contributed by atoms with Gasteiger partial charge < -0.3 is 5.32 Å². The van der Waals surface area contributed by atoms with E-state index in [0.29, 0.717) is 0 Å². The third-order valence-electron chi connectivity index (χ3n) is 5.70. The molecular formula is C25H34N2O. The zero-order chi connectivity index (χ0) is 20.1.